The highest BCUT2D eigenvalue weighted by Crippen LogP contribution is 2.30. The first-order valence-corrected chi connectivity index (χ1v) is 14.6. The topological polar surface area (TPSA) is 126 Å². The van der Waals surface area contributed by atoms with Crippen molar-refractivity contribution < 1.29 is 22.4 Å². The summed E-state index contributed by atoms with van der Waals surface area (Å²) in [7, 11) is -3.82. The molecule has 2 N–H and O–H groups in total. The second-order valence-corrected chi connectivity index (χ2v) is 11.7. The van der Waals surface area contributed by atoms with E-state index in [-0.39, 0.29) is 40.1 Å². The minimum Gasteiger partial charge on any atom is -0.339 e. The molecule has 2 aromatic heterocycles. The van der Waals surface area contributed by atoms with Crippen LogP contribution in [-0.4, -0.2) is 58.6 Å². The van der Waals surface area contributed by atoms with Crippen molar-refractivity contribution >= 4 is 39.0 Å². The van der Waals surface area contributed by atoms with E-state index in [0.29, 0.717) is 30.3 Å². The molecule has 1 aliphatic rings. The van der Waals surface area contributed by atoms with E-state index in [2.05, 4.69) is 27.5 Å². The third-order valence-corrected chi connectivity index (χ3v) is 8.36. The molecule has 0 saturated carbocycles. The summed E-state index contributed by atoms with van der Waals surface area (Å²) in [6.45, 7) is 4.13. The SMILES string of the molecule is CCS(=O)(=O)NC(=O)c1cnn2c(Nc3ccc(F)c(C)c3)c(C(=O)N3CCC(c4ccccc4)CC3)cnc12. The Bertz CT molecular complexity index is 1680. The third kappa shape index (κ3) is 5.53. The highest BCUT2D eigenvalue weighted by molar-refractivity contribution is 7.90. The van der Waals surface area contributed by atoms with E-state index < -0.39 is 15.9 Å². The van der Waals surface area contributed by atoms with E-state index >= 15 is 0 Å². The van der Waals surface area contributed by atoms with Crippen molar-refractivity contribution in [3.8, 4) is 0 Å². The van der Waals surface area contributed by atoms with Gasteiger partial charge in [0, 0.05) is 25.0 Å². The number of piperidine rings is 1. The molecule has 1 aliphatic heterocycles. The number of sulfonamides is 1. The fourth-order valence-corrected chi connectivity index (χ4v) is 5.34. The number of hydrogen-bond acceptors (Lipinski definition) is 7. The lowest BCUT2D eigenvalue weighted by Gasteiger charge is -2.32. The van der Waals surface area contributed by atoms with Crippen LogP contribution in [0.4, 0.5) is 15.9 Å². The average Bonchev–Trinajstić information content (AvgIpc) is 3.40. The molecule has 0 bridgehead atoms. The van der Waals surface area contributed by atoms with Gasteiger partial charge < -0.3 is 10.2 Å². The minimum atomic E-state index is -3.82. The first kappa shape index (κ1) is 27.3. The molecule has 0 aliphatic carbocycles. The number of nitrogens with zero attached hydrogens (tertiary/aromatic N) is 4. The molecule has 0 unspecified atom stereocenters. The van der Waals surface area contributed by atoms with Crippen LogP contribution in [0, 0.1) is 12.7 Å². The van der Waals surface area contributed by atoms with E-state index in [1.165, 1.54) is 41.5 Å². The van der Waals surface area contributed by atoms with Crippen LogP contribution in [0.5, 0.6) is 0 Å². The smallest absolute Gasteiger partial charge is 0.270 e. The molecule has 1 fully saturated rings. The molecule has 0 radical (unpaired) electrons. The second kappa shape index (κ2) is 11.0. The van der Waals surface area contributed by atoms with Crippen LogP contribution in [-0.2, 0) is 10.0 Å². The van der Waals surface area contributed by atoms with Gasteiger partial charge in [0.15, 0.2) is 5.65 Å². The first-order chi connectivity index (χ1) is 19.2. The maximum Gasteiger partial charge on any atom is 0.270 e. The van der Waals surface area contributed by atoms with E-state index in [9.17, 15) is 22.4 Å². The Morgan fingerprint density at radius 1 is 1.05 bits per heavy atom. The number of halogens is 1. The summed E-state index contributed by atoms with van der Waals surface area (Å²) in [6.07, 6.45) is 4.17. The zero-order valence-electron chi connectivity index (χ0n) is 22.1. The average molecular weight is 565 g/mol. The van der Waals surface area contributed by atoms with Crippen molar-refractivity contribution in [3.63, 3.8) is 0 Å². The fraction of sp³-hybridized carbons (Fsp3) is 0.286. The third-order valence-electron chi connectivity index (χ3n) is 7.10. The lowest BCUT2D eigenvalue weighted by molar-refractivity contribution is 0.0713. The number of nitrogens with one attached hydrogen (secondary N) is 2. The van der Waals surface area contributed by atoms with Crippen molar-refractivity contribution in [1.29, 1.82) is 0 Å². The van der Waals surface area contributed by atoms with Gasteiger partial charge in [0.25, 0.3) is 11.8 Å². The molecule has 2 amide bonds. The van der Waals surface area contributed by atoms with Crippen molar-refractivity contribution in [1.82, 2.24) is 24.2 Å². The van der Waals surface area contributed by atoms with E-state index in [1.807, 2.05) is 22.9 Å². The van der Waals surface area contributed by atoms with Crippen molar-refractivity contribution in [3.05, 3.63) is 89.0 Å². The Kier molecular flexibility index (Phi) is 7.53. The van der Waals surface area contributed by atoms with E-state index in [1.54, 1.807) is 17.9 Å². The number of amides is 2. The molecular weight excluding hydrogens is 535 g/mol. The monoisotopic (exact) mass is 564 g/mol. The fourth-order valence-electron chi connectivity index (χ4n) is 4.81. The van der Waals surface area contributed by atoms with Crippen LogP contribution in [0.25, 0.3) is 5.65 Å². The molecule has 208 valence electrons. The number of rotatable bonds is 7. The molecule has 0 atom stereocenters. The van der Waals surface area contributed by atoms with Gasteiger partial charge in [-0.25, -0.2) is 22.5 Å². The number of benzene rings is 2. The van der Waals surface area contributed by atoms with Crippen LogP contribution in [0.15, 0.2) is 60.9 Å². The maximum absolute atomic E-state index is 13.9. The molecule has 1 saturated heterocycles. The zero-order valence-corrected chi connectivity index (χ0v) is 22.9. The molecule has 40 heavy (non-hydrogen) atoms. The van der Waals surface area contributed by atoms with Crippen molar-refractivity contribution in [2.24, 2.45) is 0 Å². The Balaban J connectivity index is 1.49. The van der Waals surface area contributed by atoms with Crippen LogP contribution in [0.2, 0.25) is 0 Å². The Hall–Kier alpha value is -4.32. The molecular formula is C28H29FN6O4S. The van der Waals surface area contributed by atoms with Crippen LogP contribution < -0.4 is 10.0 Å². The van der Waals surface area contributed by atoms with Gasteiger partial charge >= 0.3 is 0 Å². The molecule has 5 rings (SSSR count). The number of hydrogen-bond donors (Lipinski definition) is 2. The zero-order chi connectivity index (χ0) is 28.4. The molecule has 2 aromatic carbocycles. The summed E-state index contributed by atoms with van der Waals surface area (Å²) in [5.74, 6) is -1.21. The van der Waals surface area contributed by atoms with Crippen molar-refractivity contribution in [2.45, 2.75) is 32.6 Å². The van der Waals surface area contributed by atoms with Crippen LogP contribution in [0.3, 0.4) is 0 Å². The lowest BCUT2D eigenvalue weighted by atomic mass is 9.89. The standard InChI is InChI=1S/C28H29FN6O4S/c1-3-40(38,39)33-27(36)22-17-31-35-25(22)30-16-23(26(35)32-21-9-10-24(29)18(2)15-21)28(37)34-13-11-20(12-14-34)19-7-5-4-6-8-19/h4-10,15-17,20,32H,3,11-14H2,1-2H3,(H,33,36). The van der Waals surface area contributed by atoms with E-state index in [4.69, 9.17) is 0 Å². The number of anilines is 2. The quantitative estimate of drug-likeness (QED) is 0.347. The van der Waals surface area contributed by atoms with Gasteiger partial charge in [-0.1, -0.05) is 30.3 Å². The first-order valence-electron chi connectivity index (χ1n) is 13.0. The van der Waals surface area contributed by atoms with Crippen LogP contribution in [0.1, 0.15) is 57.5 Å². The lowest BCUT2D eigenvalue weighted by Crippen LogP contribution is -2.38. The van der Waals surface area contributed by atoms with Gasteiger partial charge in [-0.3, -0.25) is 9.59 Å². The van der Waals surface area contributed by atoms with Gasteiger partial charge in [-0.2, -0.15) is 9.61 Å². The molecule has 10 nitrogen and oxygen atoms in total. The Morgan fingerprint density at radius 3 is 2.45 bits per heavy atom. The van der Waals surface area contributed by atoms with Gasteiger partial charge in [0.05, 0.1) is 11.9 Å². The Labute approximate surface area is 231 Å². The van der Waals surface area contributed by atoms with Crippen molar-refractivity contribution in [2.75, 3.05) is 24.2 Å². The highest BCUT2D eigenvalue weighted by atomic mass is 32.2. The predicted octanol–water partition coefficient (Wildman–Crippen LogP) is 4.02. The number of aryl methyl sites for hydroxylation is 1. The number of carbonyl (C=O) groups is 2. The van der Waals surface area contributed by atoms with E-state index in [0.717, 1.165) is 12.8 Å². The maximum atomic E-state index is 13.9. The summed E-state index contributed by atoms with van der Waals surface area (Å²) in [4.78, 5) is 32.6. The minimum absolute atomic E-state index is 0.0597. The largest absolute Gasteiger partial charge is 0.339 e. The summed E-state index contributed by atoms with van der Waals surface area (Å²) in [5.41, 5.74) is 2.35. The number of carbonyl (C=O) groups excluding carboxylic acids is 2. The van der Waals surface area contributed by atoms with Gasteiger partial charge in [0.2, 0.25) is 10.0 Å². The summed E-state index contributed by atoms with van der Waals surface area (Å²) in [5, 5.41) is 7.41. The summed E-state index contributed by atoms with van der Waals surface area (Å²) in [6, 6.07) is 14.6. The predicted molar refractivity (Wildman–Crippen MR) is 149 cm³/mol. The van der Waals surface area contributed by atoms with Gasteiger partial charge in [-0.05, 0) is 61.9 Å². The molecule has 0 spiro atoms. The van der Waals surface area contributed by atoms with Gasteiger partial charge in [0.1, 0.15) is 22.8 Å². The molecule has 12 heteroatoms. The highest BCUT2D eigenvalue weighted by Gasteiger charge is 2.29. The Morgan fingerprint density at radius 2 is 1.77 bits per heavy atom. The second-order valence-electron chi connectivity index (χ2n) is 9.71. The number of fused-ring (bicyclic) bond motifs is 1. The van der Waals surface area contributed by atoms with Crippen LogP contribution >= 0.6 is 0 Å². The number of aromatic nitrogens is 3. The summed E-state index contributed by atoms with van der Waals surface area (Å²) < 4.78 is 41.2. The number of likely N-dealkylation sites (tertiary alicyclic amines) is 1. The molecule has 3 heterocycles. The summed E-state index contributed by atoms with van der Waals surface area (Å²) >= 11 is 0. The molecule has 4 aromatic rings. The van der Waals surface area contributed by atoms with Gasteiger partial charge in [-0.15, -0.1) is 0 Å². The normalized spacial score (nSPS) is 14.3.